The largest absolute Gasteiger partial charge is 0.369 e. The molecule has 1 aromatic carbocycles. The maximum Gasteiger partial charge on any atom is 0.246 e. The number of benzene rings is 1. The number of aromatic nitrogens is 4. The minimum atomic E-state index is -0.830. The van der Waals surface area contributed by atoms with Crippen LogP contribution in [0.25, 0.3) is 11.2 Å². The standard InChI is InChI=1S/C17H22N8.C7H10FNO/c1-23-7-9-25(10-8-23)13-5-3-12(4-6-13)20-15-14-16(22-17(18)21-15)24(2)11-19-14;1-2-7(10)9-4-3-6(8)5-9/h3-6,11H,7-10H2,1-2H3,(H3,18,20,21,22);2,6H,1,3-5H2. The topological polar surface area (TPSA) is 108 Å². The van der Waals surface area contributed by atoms with Crippen molar-refractivity contribution in [2.75, 3.05) is 62.3 Å². The lowest BCUT2D eigenvalue weighted by atomic mass is 10.2. The van der Waals surface area contributed by atoms with Crippen molar-refractivity contribution in [1.82, 2.24) is 29.3 Å². The molecule has 1 atom stereocenters. The molecule has 2 aliphatic heterocycles. The molecule has 5 rings (SSSR count). The molecule has 10 nitrogen and oxygen atoms in total. The molecule has 2 saturated heterocycles. The Kier molecular flexibility index (Phi) is 7.45. The van der Waals surface area contributed by atoms with Crippen LogP contribution in [0, 0.1) is 0 Å². The van der Waals surface area contributed by atoms with Crippen LogP contribution < -0.4 is 16.0 Å². The summed E-state index contributed by atoms with van der Waals surface area (Å²) in [6.45, 7) is 8.39. The van der Waals surface area contributed by atoms with Crippen LogP contribution in [-0.4, -0.2) is 87.7 Å². The Hall–Kier alpha value is -3.73. The number of alkyl halides is 1. The van der Waals surface area contributed by atoms with Gasteiger partial charge in [-0.25, -0.2) is 9.37 Å². The highest BCUT2D eigenvalue weighted by molar-refractivity contribution is 5.87. The number of hydrogen-bond donors (Lipinski definition) is 2. The van der Waals surface area contributed by atoms with E-state index in [4.69, 9.17) is 5.73 Å². The molecular formula is C24H32FN9O. The van der Waals surface area contributed by atoms with E-state index in [-0.39, 0.29) is 18.4 Å². The van der Waals surface area contributed by atoms with Crippen molar-refractivity contribution in [3.05, 3.63) is 43.2 Å². The van der Waals surface area contributed by atoms with E-state index >= 15 is 0 Å². The van der Waals surface area contributed by atoms with Gasteiger partial charge >= 0.3 is 0 Å². The van der Waals surface area contributed by atoms with Gasteiger partial charge in [-0.3, -0.25) is 4.79 Å². The van der Waals surface area contributed by atoms with Crippen molar-refractivity contribution >= 4 is 40.2 Å². The smallest absolute Gasteiger partial charge is 0.246 e. The maximum atomic E-state index is 12.4. The highest BCUT2D eigenvalue weighted by Gasteiger charge is 2.23. The van der Waals surface area contributed by atoms with Crippen molar-refractivity contribution < 1.29 is 9.18 Å². The third kappa shape index (κ3) is 5.86. The van der Waals surface area contributed by atoms with Crippen molar-refractivity contribution in [3.63, 3.8) is 0 Å². The minimum Gasteiger partial charge on any atom is -0.369 e. The summed E-state index contributed by atoms with van der Waals surface area (Å²) in [5.41, 5.74) is 9.43. The molecule has 0 spiro atoms. The lowest BCUT2D eigenvalue weighted by Gasteiger charge is -2.34. The quantitative estimate of drug-likeness (QED) is 0.546. The number of halogens is 1. The van der Waals surface area contributed by atoms with E-state index in [9.17, 15) is 9.18 Å². The van der Waals surface area contributed by atoms with E-state index in [2.05, 4.69) is 68.0 Å². The Morgan fingerprint density at radius 1 is 1.14 bits per heavy atom. The van der Waals surface area contributed by atoms with Crippen LogP contribution in [0.2, 0.25) is 0 Å². The summed E-state index contributed by atoms with van der Waals surface area (Å²) in [6.07, 6.45) is 2.57. The molecule has 1 amide bonds. The van der Waals surface area contributed by atoms with E-state index in [0.717, 1.165) is 31.9 Å². The number of rotatable bonds is 4. The Balaban J connectivity index is 0.000000243. The zero-order valence-corrected chi connectivity index (χ0v) is 20.2. The van der Waals surface area contributed by atoms with Crippen molar-refractivity contribution in [3.8, 4) is 0 Å². The molecule has 0 radical (unpaired) electrons. The SMILES string of the molecule is C=CC(=O)N1CCC(F)C1.CN1CCN(c2ccc(Nc3nc(N)nc4c3ncn4C)cc2)CC1. The number of carbonyl (C=O) groups excluding carboxylic acids is 1. The molecule has 0 aliphatic carbocycles. The Labute approximate surface area is 204 Å². The first-order valence-corrected chi connectivity index (χ1v) is 11.6. The second-order valence-corrected chi connectivity index (χ2v) is 8.79. The number of piperazine rings is 1. The van der Waals surface area contributed by atoms with E-state index in [1.807, 2.05) is 11.6 Å². The number of nitrogens with two attached hydrogens (primary N) is 1. The zero-order chi connectivity index (χ0) is 24.9. The number of likely N-dealkylation sites (tertiary alicyclic amines) is 1. The highest BCUT2D eigenvalue weighted by atomic mass is 19.1. The number of amides is 1. The van der Waals surface area contributed by atoms with Crippen molar-refractivity contribution in [2.24, 2.45) is 7.05 Å². The van der Waals surface area contributed by atoms with Gasteiger partial charge in [0, 0.05) is 51.1 Å². The monoisotopic (exact) mass is 481 g/mol. The average Bonchev–Trinajstić information content (AvgIpc) is 3.46. The lowest BCUT2D eigenvalue weighted by Crippen LogP contribution is -2.44. The number of imidazole rings is 1. The molecule has 186 valence electrons. The number of nitrogens with one attached hydrogen (secondary N) is 1. The van der Waals surface area contributed by atoms with E-state index < -0.39 is 6.17 Å². The molecular weight excluding hydrogens is 449 g/mol. The van der Waals surface area contributed by atoms with Gasteiger partial charge in [0.15, 0.2) is 17.0 Å². The van der Waals surface area contributed by atoms with Gasteiger partial charge in [0.1, 0.15) is 6.17 Å². The molecule has 0 bridgehead atoms. The predicted octanol–water partition coefficient (Wildman–Crippen LogP) is 2.18. The average molecular weight is 482 g/mol. The normalized spacial score (nSPS) is 18.3. The maximum absolute atomic E-state index is 12.4. The second-order valence-electron chi connectivity index (χ2n) is 8.79. The van der Waals surface area contributed by atoms with Crippen LogP contribution >= 0.6 is 0 Å². The molecule has 3 N–H and O–H groups in total. The van der Waals surface area contributed by atoms with Crippen LogP contribution in [0.3, 0.4) is 0 Å². The Bertz CT molecular complexity index is 1170. The van der Waals surface area contributed by atoms with E-state index in [1.165, 1.54) is 16.7 Å². The predicted molar refractivity (Wildman–Crippen MR) is 136 cm³/mol. The van der Waals surface area contributed by atoms with Gasteiger partial charge in [0.05, 0.1) is 12.9 Å². The molecule has 2 fully saturated rings. The number of aryl methyl sites for hydroxylation is 1. The molecule has 4 heterocycles. The van der Waals surface area contributed by atoms with Crippen molar-refractivity contribution in [1.29, 1.82) is 0 Å². The fourth-order valence-corrected chi connectivity index (χ4v) is 4.11. The van der Waals surface area contributed by atoms with Gasteiger partial charge in [-0.05, 0) is 43.8 Å². The van der Waals surface area contributed by atoms with Gasteiger partial charge in [0.25, 0.3) is 0 Å². The third-order valence-corrected chi connectivity index (χ3v) is 6.19. The van der Waals surface area contributed by atoms with Crippen LogP contribution in [0.1, 0.15) is 6.42 Å². The summed E-state index contributed by atoms with van der Waals surface area (Å²) in [6, 6.07) is 8.38. The number of nitrogen functional groups attached to an aromatic ring is 1. The molecule has 2 aromatic heterocycles. The van der Waals surface area contributed by atoms with Gasteiger partial charge in [-0.2, -0.15) is 9.97 Å². The fraction of sp³-hybridized carbons (Fsp3) is 0.417. The minimum absolute atomic E-state index is 0.167. The van der Waals surface area contributed by atoms with Gasteiger partial charge in [-0.15, -0.1) is 0 Å². The van der Waals surface area contributed by atoms with Gasteiger partial charge in [-0.1, -0.05) is 6.58 Å². The molecule has 3 aromatic rings. The van der Waals surface area contributed by atoms with E-state index in [0.29, 0.717) is 29.9 Å². The summed E-state index contributed by atoms with van der Waals surface area (Å²) >= 11 is 0. The number of likely N-dealkylation sites (N-methyl/N-ethyl adjacent to an activating group) is 1. The van der Waals surface area contributed by atoms with Crippen LogP contribution in [0.5, 0.6) is 0 Å². The fourth-order valence-electron chi connectivity index (χ4n) is 4.11. The number of anilines is 4. The molecule has 0 saturated carbocycles. The number of carbonyl (C=O) groups is 1. The lowest BCUT2D eigenvalue weighted by molar-refractivity contribution is -0.125. The summed E-state index contributed by atoms with van der Waals surface area (Å²) in [5, 5.41) is 3.30. The van der Waals surface area contributed by atoms with Crippen molar-refractivity contribution in [2.45, 2.75) is 12.6 Å². The van der Waals surface area contributed by atoms with Gasteiger partial charge in [0.2, 0.25) is 11.9 Å². The molecule has 2 aliphatic rings. The van der Waals surface area contributed by atoms with Gasteiger partial charge < -0.3 is 30.3 Å². The summed E-state index contributed by atoms with van der Waals surface area (Å²) in [5.74, 6) is 0.684. The highest BCUT2D eigenvalue weighted by Crippen LogP contribution is 2.25. The molecule has 35 heavy (non-hydrogen) atoms. The zero-order valence-electron chi connectivity index (χ0n) is 20.2. The first-order valence-electron chi connectivity index (χ1n) is 11.6. The van der Waals surface area contributed by atoms with E-state index in [1.54, 1.807) is 6.33 Å². The summed E-state index contributed by atoms with van der Waals surface area (Å²) < 4.78 is 14.3. The number of nitrogens with zero attached hydrogens (tertiary/aromatic N) is 7. The molecule has 1 unspecified atom stereocenters. The molecule has 11 heteroatoms. The van der Waals surface area contributed by atoms with Crippen LogP contribution in [-0.2, 0) is 11.8 Å². The Morgan fingerprint density at radius 3 is 2.49 bits per heavy atom. The first kappa shape index (κ1) is 24.4. The summed E-state index contributed by atoms with van der Waals surface area (Å²) in [7, 11) is 4.05. The van der Waals surface area contributed by atoms with Crippen LogP contribution in [0.15, 0.2) is 43.2 Å². The number of fused-ring (bicyclic) bond motifs is 1. The second kappa shape index (κ2) is 10.7. The number of hydrogen-bond acceptors (Lipinski definition) is 8. The third-order valence-electron chi connectivity index (χ3n) is 6.19. The Morgan fingerprint density at radius 2 is 1.86 bits per heavy atom. The first-order chi connectivity index (χ1) is 16.8. The van der Waals surface area contributed by atoms with Crippen LogP contribution in [0.4, 0.5) is 27.5 Å². The summed E-state index contributed by atoms with van der Waals surface area (Å²) in [4.78, 5) is 29.9.